The van der Waals surface area contributed by atoms with Crippen LogP contribution < -0.4 is 4.72 Å². The fraction of sp³-hybridized carbons (Fsp3) is 0.130. The number of nitrogens with one attached hydrogen (secondary N) is 1. The first-order chi connectivity index (χ1) is 15.8. The van der Waals surface area contributed by atoms with Crippen LogP contribution >= 0.6 is 35.0 Å². The molecule has 0 aliphatic carbocycles. The molecule has 0 saturated carbocycles. The molecule has 0 aliphatic rings. The average molecular weight is 519 g/mol. The van der Waals surface area contributed by atoms with E-state index in [2.05, 4.69) is 14.9 Å². The van der Waals surface area contributed by atoms with Crippen LogP contribution in [0.3, 0.4) is 0 Å². The number of aromatic nitrogens is 3. The quantitative estimate of drug-likeness (QED) is 0.305. The number of rotatable bonds is 8. The summed E-state index contributed by atoms with van der Waals surface area (Å²) in [5.74, 6) is 1.05. The summed E-state index contributed by atoms with van der Waals surface area (Å²) < 4.78 is 29.9. The minimum absolute atomic E-state index is 0.0715. The van der Waals surface area contributed by atoms with E-state index < -0.39 is 10.0 Å². The van der Waals surface area contributed by atoms with E-state index in [1.54, 1.807) is 47.0 Å². The lowest BCUT2D eigenvalue weighted by molar-refractivity contribution is 0.578. The molecule has 3 aromatic carbocycles. The van der Waals surface area contributed by atoms with E-state index in [9.17, 15) is 8.42 Å². The highest BCUT2D eigenvalue weighted by Crippen LogP contribution is 2.31. The third kappa shape index (κ3) is 5.77. The second kappa shape index (κ2) is 10.3. The maximum Gasteiger partial charge on any atom is 0.240 e. The molecule has 0 bridgehead atoms. The molecular formula is C23H20Cl2N4O2S2. The van der Waals surface area contributed by atoms with E-state index in [1.165, 1.54) is 11.8 Å². The van der Waals surface area contributed by atoms with Gasteiger partial charge in [0.05, 0.1) is 22.2 Å². The van der Waals surface area contributed by atoms with Crippen LogP contribution in [0.1, 0.15) is 17.0 Å². The van der Waals surface area contributed by atoms with Gasteiger partial charge in [-0.1, -0.05) is 83.0 Å². The molecule has 0 spiro atoms. The molecular weight excluding hydrogens is 499 g/mol. The number of hydrogen-bond acceptors (Lipinski definition) is 5. The minimum atomic E-state index is -3.74. The van der Waals surface area contributed by atoms with Crippen molar-refractivity contribution in [3.63, 3.8) is 0 Å². The SMILES string of the molecule is Cc1ccc(S(=O)(=O)NCc2nnc(SCc3ccccc3)n2-c2cc(Cl)ccc2Cl)cc1. The molecule has 4 aromatic rings. The van der Waals surface area contributed by atoms with Gasteiger partial charge in [-0.05, 0) is 42.8 Å². The van der Waals surface area contributed by atoms with Gasteiger partial charge >= 0.3 is 0 Å². The number of thioether (sulfide) groups is 1. The molecule has 0 fully saturated rings. The minimum Gasteiger partial charge on any atom is -0.271 e. The zero-order valence-corrected chi connectivity index (χ0v) is 20.7. The van der Waals surface area contributed by atoms with E-state index in [1.807, 2.05) is 37.3 Å². The summed E-state index contributed by atoms with van der Waals surface area (Å²) in [6, 6.07) is 21.7. The zero-order chi connectivity index (χ0) is 23.4. The largest absolute Gasteiger partial charge is 0.271 e. The Bertz CT molecular complexity index is 1360. The number of sulfonamides is 1. The van der Waals surface area contributed by atoms with E-state index in [0.29, 0.717) is 32.5 Å². The maximum absolute atomic E-state index is 12.8. The monoisotopic (exact) mass is 518 g/mol. The van der Waals surface area contributed by atoms with Crippen molar-refractivity contribution in [3.8, 4) is 5.69 Å². The highest BCUT2D eigenvalue weighted by atomic mass is 35.5. The lowest BCUT2D eigenvalue weighted by Gasteiger charge is -2.13. The zero-order valence-electron chi connectivity index (χ0n) is 17.6. The van der Waals surface area contributed by atoms with Crippen LogP contribution in [0.15, 0.2) is 82.8 Å². The van der Waals surface area contributed by atoms with Crippen LogP contribution in [0.5, 0.6) is 0 Å². The van der Waals surface area contributed by atoms with Gasteiger partial charge in [0, 0.05) is 10.8 Å². The van der Waals surface area contributed by atoms with E-state index in [4.69, 9.17) is 23.2 Å². The summed E-state index contributed by atoms with van der Waals surface area (Å²) in [7, 11) is -3.74. The fourth-order valence-electron chi connectivity index (χ4n) is 3.09. The van der Waals surface area contributed by atoms with Crippen LogP contribution in [0.25, 0.3) is 5.69 Å². The molecule has 0 saturated heterocycles. The van der Waals surface area contributed by atoms with Gasteiger partial charge in [-0.15, -0.1) is 10.2 Å². The Hall–Kier alpha value is -2.36. The van der Waals surface area contributed by atoms with Gasteiger partial charge in [0.15, 0.2) is 11.0 Å². The molecule has 6 nitrogen and oxygen atoms in total. The van der Waals surface area contributed by atoms with Crippen molar-refractivity contribution in [2.45, 2.75) is 29.3 Å². The summed E-state index contributed by atoms with van der Waals surface area (Å²) >= 11 is 14.2. The molecule has 0 radical (unpaired) electrons. The van der Waals surface area contributed by atoms with Gasteiger partial charge < -0.3 is 0 Å². The molecule has 0 amide bonds. The summed E-state index contributed by atoms with van der Waals surface area (Å²) in [5, 5.41) is 10.1. The lowest BCUT2D eigenvalue weighted by Crippen LogP contribution is -2.25. The number of benzene rings is 3. The van der Waals surface area contributed by atoms with E-state index in [0.717, 1.165) is 11.1 Å². The lowest BCUT2D eigenvalue weighted by atomic mass is 10.2. The smallest absolute Gasteiger partial charge is 0.240 e. The van der Waals surface area contributed by atoms with Crippen LogP contribution in [0.2, 0.25) is 10.0 Å². The molecule has 1 heterocycles. The second-order valence-electron chi connectivity index (χ2n) is 7.24. The highest BCUT2D eigenvalue weighted by Gasteiger charge is 2.20. The molecule has 10 heteroatoms. The highest BCUT2D eigenvalue weighted by molar-refractivity contribution is 7.98. The van der Waals surface area contributed by atoms with Crippen molar-refractivity contribution in [1.29, 1.82) is 0 Å². The van der Waals surface area contributed by atoms with Crippen molar-refractivity contribution in [2.24, 2.45) is 0 Å². The summed E-state index contributed by atoms with van der Waals surface area (Å²) in [6.07, 6.45) is 0. The number of aryl methyl sites for hydroxylation is 1. The van der Waals surface area contributed by atoms with E-state index in [-0.39, 0.29) is 11.4 Å². The molecule has 0 atom stereocenters. The predicted molar refractivity (Wildman–Crippen MR) is 133 cm³/mol. The molecule has 4 rings (SSSR count). The van der Waals surface area contributed by atoms with Gasteiger partial charge in [0.1, 0.15) is 0 Å². The Morgan fingerprint density at radius 1 is 0.970 bits per heavy atom. The number of hydrogen-bond donors (Lipinski definition) is 1. The maximum atomic E-state index is 12.8. The van der Waals surface area contributed by atoms with Crippen molar-refractivity contribution in [3.05, 3.63) is 99.8 Å². The van der Waals surface area contributed by atoms with Crippen LogP contribution in [0, 0.1) is 6.92 Å². The molecule has 1 N–H and O–H groups in total. The first kappa shape index (κ1) is 23.8. The third-order valence-electron chi connectivity index (χ3n) is 4.81. The summed E-state index contributed by atoms with van der Waals surface area (Å²) in [4.78, 5) is 0.179. The first-order valence-electron chi connectivity index (χ1n) is 9.96. The van der Waals surface area contributed by atoms with Crippen LogP contribution in [-0.2, 0) is 22.3 Å². The van der Waals surface area contributed by atoms with Gasteiger partial charge in [-0.3, -0.25) is 4.57 Å². The van der Waals surface area contributed by atoms with Gasteiger partial charge in [-0.25, -0.2) is 13.1 Å². The third-order valence-corrected chi connectivity index (χ3v) is 7.78. The summed E-state index contributed by atoms with van der Waals surface area (Å²) in [6.45, 7) is 1.83. The Morgan fingerprint density at radius 2 is 1.70 bits per heavy atom. The van der Waals surface area contributed by atoms with Gasteiger partial charge in [0.2, 0.25) is 10.0 Å². The summed E-state index contributed by atoms with van der Waals surface area (Å²) in [5.41, 5.74) is 2.68. The average Bonchev–Trinajstić information content (AvgIpc) is 3.21. The topological polar surface area (TPSA) is 76.9 Å². The Balaban J connectivity index is 1.65. The number of halogens is 2. The first-order valence-corrected chi connectivity index (χ1v) is 13.2. The van der Waals surface area contributed by atoms with Gasteiger partial charge in [-0.2, -0.15) is 0 Å². The Kier molecular flexibility index (Phi) is 7.41. The molecule has 170 valence electrons. The normalized spacial score (nSPS) is 11.6. The van der Waals surface area contributed by atoms with Crippen molar-refractivity contribution in [1.82, 2.24) is 19.5 Å². The van der Waals surface area contributed by atoms with Crippen molar-refractivity contribution >= 4 is 45.0 Å². The van der Waals surface area contributed by atoms with Crippen LogP contribution in [-0.4, -0.2) is 23.2 Å². The van der Waals surface area contributed by atoms with Crippen molar-refractivity contribution < 1.29 is 8.42 Å². The molecule has 0 unspecified atom stereocenters. The standard InChI is InChI=1S/C23H20Cl2N4O2S2/c1-16-7-10-19(11-8-16)33(30,31)26-14-22-27-28-23(32-15-17-5-3-2-4-6-17)29(22)21-13-18(24)9-12-20(21)25/h2-13,26H,14-15H2,1H3. The Labute approximate surface area is 207 Å². The van der Waals surface area contributed by atoms with E-state index >= 15 is 0 Å². The molecule has 0 aliphatic heterocycles. The second-order valence-corrected chi connectivity index (χ2v) is 10.8. The molecule has 33 heavy (non-hydrogen) atoms. The Morgan fingerprint density at radius 3 is 2.42 bits per heavy atom. The predicted octanol–water partition coefficient (Wildman–Crippen LogP) is 5.65. The molecule has 1 aromatic heterocycles. The number of nitrogens with zero attached hydrogens (tertiary/aromatic N) is 3. The van der Waals surface area contributed by atoms with Gasteiger partial charge in [0.25, 0.3) is 0 Å². The fourth-order valence-corrected chi connectivity index (χ4v) is 5.36. The van der Waals surface area contributed by atoms with Crippen molar-refractivity contribution in [2.75, 3.05) is 0 Å². The van der Waals surface area contributed by atoms with Crippen LogP contribution in [0.4, 0.5) is 0 Å².